The van der Waals surface area contributed by atoms with Crippen molar-refractivity contribution in [2.75, 3.05) is 6.61 Å². The van der Waals surface area contributed by atoms with Crippen molar-refractivity contribution in [2.24, 2.45) is 11.7 Å². The van der Waals surface area contributed by atoms with Gasteiger partial charge in [-0.15, -0.1) is 0 Å². The molecule has 4 heteroatoms. The average Bonchev–Trinajstić information content (AvgIpc) is 2.43. The smallest absolute Gasteiger partial charge is 0.323 e. The van der Waals surface area contributed by atoms with Gasteiger partial charge in [0.05, 0.1) is 6.61 Å². The molecule has 0 aromatic rings. The molecule has 0 saturated heterocycles. The molecule has 0 amide bonds. The molecule has 0 fully saturated rings. The summed E-state index contributed by atoms with van der Waals surface area (Å²) in [6.45, 7) is 6.65. The van der Waals surface area contributed by atoms with E-state index in [4.69, 9.17) is 10.5 Å². The van der Waals surface area contributed by atoms with Crippen molar-refractivity contribution in [3.63, 3.8) is 0 Å². The van der Waals surface area contributed by atoms with Crippen molar-refractivity contribution in [1.29, 1.82) is 0 Å². The molecule has 0 rings (SSSR count). The van der Waals surface area contributed by atoms with Gasteiger partial charge in [-0.1, -0.05) is 78.6 Å². The summed E-state index contributed by atoms with van der Waals surface area (Å²) in [4.78, 5) is 11.5. The Kier molecular flexibility index (Phi) is 18.9. The van der Waals surface area contributed by atoms with Crippen LogP contribution < -0.4 is 5.73 Å². The van der Waals surface area contributed by atoms with Crippen LogP contribution >= 0.6 is 0 Å². The van der Waals surface area contributed by atoms with E-state index < -0.39 is 6.04 Å². The number of rotatable bonds is 13. The van der Waals surface area contributed by atoms with Gasteiger partial charge in [-0.2, -0.15) is 0 Å². The van der Waals surface area contributed by atoms with Gasteiger partial charge in [0.15, 0.2) is 0 Å². The number of carbonyl (C=O) groups is 1. The molecule has 121 valence electrons. The molecule has 0 aliphatic heterocycles. The molecule has 0 saturated carbocycles. The summed E-state index contributed by atoms with van der Waals surface area (Å²) < 4.78 is 5.17. The van der Waals surface area contributed by atoms with Crippen LogP contribution in [0.1, 0.15) is 85.0 Å². The number of hydrogen-bond donors (Lipinski definition) is 1. The predicted molar refractivity (Wildman–Crippen MR) is 91.4 cm³/mol. The SMILES string of the molecule is CCCCCCCCCCCCOC(=O)[C@@H](N)C(C)C.[Na]. The molecule has 0 bridgehead atoms. The number of ether oxygens (including phenoxy) is 1. The van der Waals surface area contributed by atoms with Gasteiger partial charge in [0.2, 0.25) is 0 Å². The van der Waals surface area contributed by atoms with Crippen LogP contribution in [-0.2, 0) is 9.53 Å². The number of nitrogens with two attached hydrogens (primary N) is 1. The molecule has 1 atom stereocenters. The van der Waals surface area contributed by atoms with Crippen LogP contribution in [0.15, 0.2) is 0 Å². The van der Waals surface area contributed by atoms with Crippen LogP contribution in [0.5, 0.6) is 0 Å². The van der Waals surface area contributed by atoms with Crippen molar-refractivity contribution in [1.82, 2.24) is 0 Å². The maximum Gasteiger partial charge on any atom is 0.323 e. The largest absolute Gasteiger partial charge is 0.465 e. The zero-order valence-electron chi connectivity index (χ0n) is 14.8. The summed E-state index contributed by atoms with van der Waals surface area (Å²) in [7, 11) is 0. The average molecular weight is 308 g/mol. The van der Waals surface area contributed by atoms with Gasteiger partial charge in [-0.3, -0.25) is 4.79 Å². The van der Waals surface area contributed by atoms with E-state index in [1.807, 2.05) is 13.8 Å². The number of esters is 1. The summed E-state index contributed by atoms with van der Waals surface area (Å²) in [5.41, 5.74) is 5.72. The minimum atomic E-state index is -0.474. The molecule has 21 heavy (non-hydrogen) atoms. The molecule has 3 nitrogen and oxygen atoms in total. The second kappa shape index (κ2) is 16.8. The minimum Gasteiger partial charge on any atom is -0.465 e. The standard InChI is InChI=1S/C17H35NO2.Na/c1-4-5-6-7-8-9-10-11-12-13-14-20-17(19)16(18)15(2)3;/h15-16H,4-14,18H2,1-3H3;/t16-;/m0./s1. The normalized spacial score (nSPS) is 12.0. The number of hydrogen-bond acceptors (Lipinski definition) is 3. The van der Waals surface area contributed by atoms with Crippen LogP contribution in [0, 0.1) is 5.92 Å². The van der Waals surface area contributed by atoms with Crippen molar-refractivity contribution >= 4 is 35.5 Å². The molecular formula is C17H35NNaO2. The Morgan fingerprint density at radius 3 is 1.76 bits per heavy atom. The molecule has 0 unspecified atom stereocenters. The fourth-order valence-corrected chi connectivity index (χ4v) is 2.13. The van der Waals surface area contributed by atoms with E-state index in [1.165, 1.54) is 51.4 Å². The second-order valence-corrected chi connectivity index (χ2v) is 6.12. The first kappa shape index (κ1) is 23.7. The first-order valence-corrected chi connectivity index (χ1v) is 8.51. The molecule has 1 radical (unpaired) electrons. The van der Waals surface area contributed by atoms with Crippen LogP contribution in [0.4, 0.5) is 0 Å². The summed E-state index contributed by atoms with van der Waals surface area (Å²) in [5.74, 6) is -0.105. The van der Waals surface area contributed by atoms with E-state index in [1.54, 1.807) is 0 Å². The number of carbonyl (C=O) groups excluding carboxylic acids is 1. The summed E-state index contributed by atoms with van der Waals surface area (Å²) >= 11 is 0. The maximum absolute atomic E-state index is 11.5. The Bertz CT molecular complexity index is 235. The predicted octanol–water partition coefficient (Wildman–Crippen LogP) is 4.05. The molecule has 0 aromatic carbocycles. The third kappa shape index (κ3) is 15.1. The van der Waals surface area contributed by atoms with Crippen molar-refractivity contribution in [2.45, 2.75) is 91.0 Å². The monoisotopic (exact) mass is 308 g/mol. The molecule has 0 aliphatic carbocycles. The Labute approximate surface area is 154 Å². The van der Waals surface area contributed by atoms with Crippen molar-refractivity contribution in [3.8, 4) is 0 Å². The van der Waals surface area contributed by atoms with E-state index in [0.717, 1.165) is 12.8 Å². The van der Waals surface area contributed by atoms with Crippen molar-refractivity contribution in [3.05, 3.63) is 0 Å². The van der Waals surface area contributed by atoms with E-state index >= 15 is 0 Å². The summed E-state index contributed by atoms with van der Waals surface area (Å²) in [6, 6.07) is -0.474. The zero-order valence-corrected chi connectivity index (χ0v) is 16.8. The first-order valence-electron chi connectivity index (χ1n) is 8.51. The Morgan fingerprint density at radius 2 is 1.33 bits per heavy atom. The topological polar surface area (TPSA) is 52.3 Å². The van der Waals surface area contributed by atoms with Gasteiger partial charge >= 0.3 is 5.97 Å². The maximum atomic E-state index is 11.5. The summed E-state index contributed by atoms with van der Waals surface area (Å²) in [5, 5.41) is 0. The van der Waals surface area contributed by atoms with Crippen LogP contribution in [0.25, 0.3) is 0 Å². The van der Waals surface area contributed by atoms with Gasteiger partial charge in [0, 0.05) is 29.6 Å². The van der Waals surface area contributed by atoms with Crippen LogP contribution in [0.3, 0.4) is 0 Å². The molecule has 0 heterocycles. The van der Waals surface area contributed by atoms with Crippen LogP contribution in [0.2, 0.25) is 0 Å². The van der Waals surface area contributed by atoms with E-state index in [9.17, 15) is 4.79 Å². The molecule has 2 N–H and O–H groups in total. The molecule has 0 aliphatic rings. The van der Waals surface area contributed by atoms with Gasteiger partial charge in [0.25, 0.3) is 0 Å². The fraction of sp³-hybridized carbons (Fsp3) is 0.941. The zero-order chi connectivity index (χ0) is 15.2. The van der Waals surface area contributed by atoms with Gasteiger partial charge in [-0.05, 0) is 12.3 Å². The Balaban J connectivity index is 0. The van der Waals surface area contributed by atoms with Gasteiger partial charge in [0.1, 0.15) is 6.04 Å². The summed E-state index contributed by atoms with van der Waals surface area (Å²) in [6.07, 6.45) is 12.9. The van der Waals surface area contributed by atoms with E-state index in [-0.39, 0.29) is 41.4 Å². The number of unbranched alkanes of at least 4 members (excludes halogenated alkanes) is 9. The Hall–Kier alpha value is 0.430. The van der Waals surface area contributed by atoms with Crippen LogP contribution in [-0.4, -0.2) is 48.2 Å². The third-order valence-electron chi connectivity index (χ3n) is 3.73. The first-order chi connectivity index (χ1) is 9.59. The Morgan fingerprint density at radius 1 is 0.905 bits per heavy atom. The minimum absolute atomic E-state index is 0. The van der Waals surface area contributed by atoms with E-state index in [2.05, 4.69) is 6.92 Å². The molecule has 0 spiro atoms. The second-order valence-electron chi connectivity index (χ2n) is 6.12. The quantitative estimate of drug-likeness (QED) is 0.317. The van der Waals surface area contributed by atoms with Gasteiger partial charge in [-0.25, -0.2) is 0 Å². The fourth-order valence-electron chi connectivity index (χ4n) is 2.13. The van der Waals surface area contributed by atoms with Gasteiger partial charge < -0.3 is 10.5 Å². The third-order valence-corrected chi connectivity index (χ3v) is 3.73. The molecule has 0 aromatic heterocycles. The van der Waals surface area contributed by atoms with E-state index in [0.29, 0.717) is 6.61 Å². The molecular weight excluding hydrogens is 273 g/mol. The van der Waals surface area contributed by atoms with Crippen molar-refractivity contribution < 1.29 is 9.53 Å².